The second-order valence-electron chi connectivity index (χ2n) is 5.77. The quantitative estimate of drug-likeness (QED) is 0.742. The molecule has 0 amide bonds. The van der Waals surface area contributed by atoms with Crippen molar-refractivity contribution in [2.45, 2.75) is 64.0 Å². The van der Waals surface area contributed by atoms with E-state index in [1.807, 2.05) is 0 Å². The third-order valence-corrected chi connectivity index (χ3v) is 5.52. The van der Waals surface area contributed by atoms with Crippen molar-refractivity contribution in [2.24, 2.45) is 5.92 Å². The molecule has 2 fully saturated rings. The van der Waals surface area contributed by atoms with Gasteiger partial charge in [-0.25, -0.2) is 13.1 Å². The maximum absolute atomic E-state index is 11.9. The minimum Gasteiger partial charge on any atom is -0.314 e. The van der Waals surface area contributed by atoms with Gasteiger partial charge in [-0.1, -0.05) is 19.8 Å². The van der Waals surface area contributed by atoms with E-state index in [1.54, 1.807) is 0 Å². The molecule has 0 radical (unpaired) electrons. The van der Waals surface area contributed by atoms with Gasteiger partial charge >= 0.3 is 0 Å². The van der Waals surface area contributed by atoms with Crippen LogP contribution < -0.4 is 10.0 Å². The van der Waals surface area contributed by atoms with Crippen LogP contribution in [0.25, 0.3) is 0 Å². The third-order valence-electron chi connectivity index (χ3n) is 4.06. The maximum Gasteiger partial charge on any atom is 0.211 e. The van der Waals surface area contributed by atoms with Crippen LogP contribution in [0.2, 0.25) is 0 Å². The van der Waals surface area contributed by atoms with E-state index in [0.29, 0.717) is 17.7 Å². The molecular formula is C13H26N2O2S. The van der Waals surface area contributed by atoms with Crippen molar-refractivity contribution in [2.75, 3.05) is 12.3 Å². The van der Waals surface area contributed by atoms with Crippen LogP contribution in [0, 0.1) is 5.92 Å². The molecule has 0 aromatic rings. The first-order valence-corrected chi connectivity index (χ1v) is 8.97. The summed E-state index contributed by atoms with van der Waals surface area (Å²) in [5, 5.41) is 3.44. The Labute approximate surface area is 111 Å². The summed E-state index contributed by atoms with van der Waals surface area (Å²) >= 11 is 0. The van der Waals surface area contributed by atoms with Crippen molar-refractivity contribution in [3.05, 3.63) is 0 Å². The molecule has 18 heavy (non-hydrogen) atoms. The van der Waals surface area contributed by atoms with Gasteiger partial charge < -0.3 is 5.32 Å². The van der Waals surface area contributed by atoms with E-state index < -0.39 is 10.0 Å². The Hall–Kier alpha value is -0.130. The Bertz CT molecular complexity index is 344. The molecule has 0 atom stereocenters. The summed E-state index contributed by atoms with van der Waals surface area (Å²) in [6, 6.07) is 0.756. The zero-order chi connectivity index (χ0) is 13.0. The van der Waals surface area contributed by atoms with Gasteiger partial charge in [0, 0.05) is 12.1 Å². The van der Waals surface area contributed by atoms with Gasteiger partial charge in [0.05, 0.1) is 5.75 Å². The highest BCUT2D eigenvalue weighted by Crippen LogP contribution is 2.32. The summed E-state index contributed by atoms with van der Waals surface area (Å²) < 4.78 is 26.7. The Balaban J connectivity index is 1.69. The minimum atomic E-state index is -3.04. The molecular weight excluding hydrogens is 248 g/mol. The van der Waals surface area contributed by atoms with Crippen LogP contribution in [0.4, 0.5) is 0 Å². The monoisotopic (exact) mass is 274 g/mol. The lowest BCUT2D eigenvalue weighted by atomic mass is 9.92. The van der Waals surface area contributed by atoms with Crippen molar-refractivity contribution in [3.8, 4) is 0 Å². The molecule has 2 aliphatic rings. The first kappa shape index (κ1) is 14.3. The number of rotatable bonds is 7. The Morgan fingerprint density at radius 1 is 1.00 bits per heavy atom. The van der Waals surface area contributed by atoms with Gasteiger partial charge in [-0.15, -0.1) is 0 Å². The first-order valence-electron chi connectivity index (χ1n) is 7.32. The van der Waals surface area contributed by atoms with Crippen LogP contribution in [-0.4, -0.2) is 32.8 Å². The van der Waals surface area contributed by atoms with Crippen LogP contribution >= 0.6 is 0 Å². The summed E-state index contributed by atoms with van der Waals surface area (Å²) in [5.41, 5.74) is 0. The van der Waals surface area contributed by atoms with E-state index in [9.17, 15) is 8.42 Å². The molecule has 0 aromatic carbocycles. The lowest BCUT2D eigenvalue weighted by Gasteiger charge is -2.29. The highest BCUT2D eigenvalue weighted by atomic mass is 32.2. The van der Waals surface area contributed by atoms with Crippen molar-refractivity contribution in [1.82, 2.24) is 10.0 Å². The number of hydrogen-bond donors (Lipinski definition) is 2. The highest BCUT2D eigenvalue weighted by Gasteiger charge is 2.27. The van der Waals surface area contributed by atoms with E-state index >= 15 is 0 Å². The average Bonchev–Trinajstić information content (AvgIpc) is 3.13. The summed E-state index contributed by atoms with van der Waals surface area (Å²) in [6.07, 6.45) is 7.42. The molecule has 0 saturated heterocycles. The summed E-state index contributed by atoms with van der Waals surface area (Å²) in [6.45, 7) is 3.12. The van der Waals surface area contributed by atoms with E-state index in [1.165, 1.54) is 12.8 Å². The van der Waals surface area contributed by atoms with Crippen molar-refractivity contribution < 1.29 is 8.42 Å². The molecule has 5 heteroatoms. The second-order valence-corrected chi connectivity index (χ2v) is 7.65. The van der Waals surface area contributed by atoms with E-state index in [4.69, 9.17) is 0 Å². The van der Waals surface area contributed by atoms with Crippen molar-refractivity contribution >= 4 is 10.0 Å². The first-order chi connectivity index (χ1) is 8.59. The summed E-state index contributed by atoms with van der Waals surface area (Å²) in [7, 11) is -3.04. The lowest BCUT2D eigenvalue weighted by Crippen LogP contribution is -2.42. The standard InChI is InChI=1S/C13H26N2O2S/c1-2-14-12-5-7-13(8-6-12)15-18(16,17)10-9-11-3-4-11/h11-15H,2-10H2,1H3. The number of hydrogen-bond acceptors (Lipinski definition) is 3. The fraction of sp³-hybridized carbons (Fsp3) is 1.00. The normalized spacial score (nSPS) is 29.4. The van der Waals surface area contributed by atoms with Gasteiger partial charge in [-0.3, -0.25) is 0 Å². The van der Waals surface area contributed by atoms with E-state index in [2.05, 4.69) is 17.0 Å². The van der Waals surface area contributed by atoms with Crippen LogP contribution in [0.15, 0.2) is 0 Å². The molecule has 0 aromatic heterocycles. The molecule has 0 unspecified atom stereocenters. The predicted octanol–water partition coefficient (Wildman–Crippen LogP) is 1.63. The van der Waals surface area contributed by atoms with Gasteiger partial charge in [-0.05, 0) is 44.6 Å². The lowest BCUT2D eigenvalue weighted by molar-refractivity contribution is 0.333. The molecule has 4 nitrogen and oxygen atoms in total. The molecule has 0 bridgehead atoms. The third kappa shape index (κ3) is 4.86. The highest BCUT2D eigenvalue weighted by molar-refractivity contribution is 7.89. The van der Waals surface area contributed by atoms with Crippen LogP contribution in [-0.2, 0) is 10.0 Å². The smallest absolute Gasteiger partial charge is 0.211 e. The van der Waals surface area contributed by atoms with Gasteiger partial charge in [-0.2, -0.15) is 0 Å². The van der Waals surface area contributed by atoms with Crippen LogP contribution in [0.1, 0.15) is 51.9 Å². The van der Waals surface area contributed by atoms with Crippen LogP contribution in [0.5, 0.6) is 0 Å². The molecule has 0 aliphatic heterocycles. The summed E-state index contributed by atoms with van der Waals surface area (Å²) in [5.74, 6) is 1.01. The predicted molar refractivity (Wildman–Crippen MR) is 74.0 cm³/mol. The molecule has 2 aliphatic carbocycles. The Morgan fingerprint density at radius 2 is 1.61 bits per heavy atom. The van der Waals surface area contributed by atoms with Crippen molar-refractivity contribution in [1.29, 1.82) is 0 Å². The van der Waals surface area contributed by atoms with Gasteiger partial charge in [0.25, 0.3) is 0 Å². The largest absolute Gasteiger partial charge is 0.314 e. The average molecular weight is 274 g/mol. The van der Waals surface area contributed by atoms with Gasteiger partial charge in [0.2, 0.25) is 10.0 Å². The van der Waals surface area contributed by atoms with Gasteiger partial charge in [0.15, 0.2) is 0 Å². The molecule has 0 heterocycles. The minimum absolute atomic E-state index is 0.170. The SMILES string of the molecule is CCNC1CCC(NS(=O)(=O)CCC2CC2)CC1. The zero-order valence-corrected chi connectivity index (χ0v) is 12.1. The zero-order valence-electron chi connectivity index (χ0n) is 11.3. The van der Waals surface area contributed by atoms with Gasteiger partial charge in [0.1, 0.15) is 0 Å². The second kappa shape index (κ2) is 6.35. The van der Waals surface area contributed by atoms with E-state index in [-0.39, 0.29) is 6.04 Å². The molecule has 2 rings (SSSR count). The van der Waals surface area contributed by atoms with E-state index in [0.717, 1.165) is 38.6 Å². The number of nitrogens with one attached hydrogen (secondary N) is 2. The Kier molecular flexibility index (Phi) is 5.04. The molecule has 2 saturated carbocycles. The molecule has 0 spiro atoms. The topological polar surface area (TPSA) is 58.2 Å². The fourth-order valence-corrected chi connectivity index (χ4v) is 4.25. The molecule has 2 N–H and O–H groups in total. The Morgan fingerprint density at radius 3 is 2.17 bits per heavy atom. The maximum atomic E-state index is 11.9. The fourth-order valence-electron chi connectivity index (χ4n) is 2.75. The van der Waals surface area contributed by atoms with Crippen molar-refractivity contribution in [3.63, 3.8) is 0 Å². The molecule has 106 valence electrons. The van der Waals surface area contributed by atoms with Crippen LogP contribution in [0.3, 0.4) is 0 Å². The number of sulfonamides is 1. The summed E-state index contributed by atoms with van der Waals surface area (Å²) in [4.78, 5) is 0.